The van der Waals surface area contributed by atoms with E-state index in [2.05, 4.69) is 59.6 Å². The van der Waals surface area contributed by atoms with Crippen LogP contribution in [0.3, 0.4) is 0 Å². The average molecular weight is 374 g/mol. The van der Waals surface area contributed by atoms with E-state index in [0.717, 1.165) is 22.1 Å². The van der Waals surface area contributed by atoms with E-state index in [9.17, 15) is 4.79 Å². The summed E-state index contributed by atoms with van der Waals surface area (Å²) in [4.78, 5) is 13.3. The fourth-order valence-corrected chi connectivity index (χ4v) is 2.63. The number of nitrogens with one attached hydrogen (secondary N) is 2. The Balaban J connectivity index is 1.84. The number of hydrogen-bond acceptors (Lipinski definition) is 1. The van der Waals surface area contributed by atoms with Crippen LogP contribution >= 0.6 is 15.9 Å². The van der Waals surface area contributed by atoms with Gasteiger partial charge in [0.2, 0.25) is 5.91 Å². The molecule has 0 fully saturated rings. The van der Waals surface area contributed by atoms with Crippen LogP contribution in [0.5, 0.6) is 0 Å². The first-order valence-electron chi connectivity index (χ1n) is 7.61. The molecule has 0 unspecified atom stereocenters. The molecule has 2 rings (SSSR count). The van der Waals surface area contributed by atoms with Crippen molar-refractivity contribution < 1.29 is 9.69 Å². The Bertz CT molecular complexity index is 678. The number of quaternary nitrogens is 1. The Kier molecular flexibility index (Phi) is 6.56. The van der Waals surface area contributed by atoms with Crippen molar-refractivity contribution in [3.63, 3.8) is 0 Å². The van der Waals surface area contributed by atoms with E-state index in [1.807, 2.05) is 30.3 Å². The summed E-state index contributed by atoms with van der Waals surface area (Å²) >= 11 is 3.42. The van der Waals surface area contributed by atoms with Crippen molar-refractivity contribution in [3.8, 4) is 0 Å². The Hall–Kier alpha value is -1.91. The van der Waals surface area contributed by atoms with Gasteiger partial charge in [-0.05, 0) is 29.3 Å². The van der Waals surface area contributed by atoms with E-state index in [4.69, 9.17) is 0 Å². The topological polar surface area (TPSA) is 33.5 Å². The van der Waals surface area contributed by atoms with Gasteiger partial charge in [-0.15, -0.1) is 0 Å². The molecular weight excluding hydrogens is 352 g/mol. The standard InChI is InChI=1S/C19H21BrN2O/c1-22(2)14-17-8-6-16(7-9-17)13-21-19(23)11-10-15-4-3-5-18(20)12-15/h3-12H,13-14H2,1-2H3,(H,21,23)/p+1/b11-10+. The molecule has 0 bridgehead atoms. The zero-order valence-corrected chi connectivity index (χ0v) is 15.1. The molecule has 0 aliphatic rings. The van der Waals surface area contributed by atoms with Gasteiger partial charge in [0.1, 0.15) is 6.54 Å². The molecule has 3 nitrogen and oxygen atoms in total. The molecule has 0 radical (unpaired) electrons. The lowest BCUT2D eigenvalue weighted by atomic mass is 10.1. The van der Waals surface area contributed by atoms with Crippen molar-refractivity contribution in [2.75, 3.05) is 14.1 Å². The minimum absolute atomic E-state index is 0.0909. The van der Waals surface area contributed by atoms with Gasteiger partial charge in [0.15, 0.2) is 0 Å². The summed E-state index contributed by atoms with van der Waals surface area (Å²) < 4.78 is 1.000. The summed E-state index contributed by atoms with van der Waals surface area (Å²) in [5, 5.41) is 2.90. The number of hydrogen-bond donors (Lipinski definition) is 2. The first-order valence-corrected chi connectivity index (χ1v) is 8.40. The molecule has 0 saturated heterocycles. The highest BCUT2D eigenvalue weighted by atomic mass is 79.9. The molecule has 2 aromatic rings. The fraction of sp³-hybridized carbons (Fsp3) is 0.211. The smallest absolute Gasteiger partial charge is 0.244 e. The van der Waals surface area contributed by atoms with Gasteiger partial charge in [-0.3, -0.25) is 4.79 Å². The van der Waals surface area contributed by atoms with Crippen molar-refractivity contribution in [1.29, 1.82) is 0 Å². The van der Waals surface area contributed by atoms with Crippen molar-refractivity contribution in [1.82, 2.24) is 5.32 Å². The van der Waals surface area contributed by atoms with Crippen LogP contribution in [0.15, 0.2) is 59.1 Å². The molecule has 2 N–H and O–H groups in total. The number of rotatable bonds is 6. The van der Waals surface area contributed by atoms with Crippen LogP contribution in [0.2, 0.25) is 0 Å². The quantitative estimate of drug-likeness (QED) is 0.749. The second-order valence-corrected chi connectivity index (χ2v) is 6.72. The van der Waals surface area contributed by atoms with Gasteiger partial charge in [0, 0.05) is 22.7 Å². The van der Waals surface area contributed by atoms with Gasteiger partial charge < -0.3 is 10.2 Å². The second kappa shape index (κ2) is 8.65. The zero-order chi connectivity index (χ0) is 16.7. The van der Waals surface area contributed by atoms with E-state index in [1.54, 1.807) is 6.08 Å². The van der Waals surface area contributed by atoms with Gasteiger partial charge >= 0.3 is 0 Å². The van der Waals surface area contributed by atoms with Crippen molar-refractivity contribution in [3.05, 3.63) is 75.8 Å². The predicted octanol–water partition coefficient (Wildman–Crippen LogP) is 2.42. The van der Waals surface area contributed by atoms with Gasteiger partial charge in [-0.2, -0.15) is 0 Å². The third-order valence-electron chi connectivity index (χ3n) is 3.32. The Morgan fingerprint density at radius 2 is 1.83 bits per heavy atom. The van der Waals surface area contributed by atoms with Crippen LogP contribution < -0.4 is 10.2 Å². The molecule has 0 aliphatic carbocycles. The number of halogens is 1. The molecule has 1 amide bonds. The lowest BCUT2D eigenvalue weighted by Gasteiger charge is -2.08. The van der Waals surface area contributed by atoms with Gasteiger partial charge in [0.25, 0.3) is 0 Å². The summed E-state index contributed by atoms with van der Waals surface area (Å²) in [5.74, 6) is -0.0909. The number of amides is 1. The highest BCUT2D eigenvalue weighted by Crippen LogP contribution is 2.12. The van der Waals surface area contributed by atoms with Crippen LogP contribution in [0.25, 0.3) is 6.08 Å². The first-order chi connectivity index (χ1) is 11.0. The molecule has 0 spiro atoms. The fourth-order valence-electron chi connectivity index (χ4n) is 2.21. The van der Waals surface area contributed by atoms with Crippen LogP contribution in [-0.2, 0) is 17.9 Å². The van der Waals surface area contributed by atoms with E-state index < -0.39 is 0 Å². The summed E-state index contributed by atoms with van der Waals surface area (Å²) in [6, 6.07) is 16.2. The first kappa shape index (κ1) is 17.4. The molecule has 0 heterocycles. The van der Waals surface area contributed by atoms with Crippen LogP contribution in [-0.4, -0.2) is 20.0 Å². The van der Waals surface area contributed by atoms with Crippen molar-refractivity contribution in [2.24, 2.45) is 0 Å². The van der Waals surface area contributed by atoms with Crippen molar-refractivity contribution >= 4 is 27.9 Å². The van der Waals surface area contributed by atoms with Gasteiger partial charge in [0.05, 0.1) is 14.1 Å². The molecule has 0 saturated carbocycles. The highest BCUT2D eigenvalue weighted by molar-refractivity contribution is 9.10. The minimum atomic E-state index is -0.0909. The van der Waals surface area contributed by atoms with Gasteiger partial charge in [-0.25, -0.2) is 0 Å². The molecule has 120 valence electrons. The summed E-state index contributed by atoms with van der Waals surface area (Å²) in [6.07, 6.45) is 3.37. The maximum Gasteiger partial charge on any atom is 0.244 e. The molecule has 23 heavy (non-hydrogen) atoms. The Morgan fingerprint density at radius 3 is 2.48 bits per heavy atom. The van der Waals surface area contributed by atoms with E-state index >= 15 is 0 Å². The average Bonchev–Trinajstić information content (AvgIpc) is 2.52. The normalized spacial score (nSPS) is 11.1. The SMILES string of the molecule is C[NH+](C)Cc1ccc(CNC(=O)/C=C/c2cccc(Br)c2)cc1. The Labute approximate surface area is 146 Å². The second-order valence-electron chi connectivity index (χ2n) is 5.81. The third kappa shape index (κ3) is 6.38. The van der Waals surface area contributed by atoms with E-state index in [0.29, 0.717) is 6.54 Å². The molecule has 4 heteroatoms. The number of benzene rings is 2. The highest BCUT2D eigenvalue weighted by Gasteiger charge is 2.00. The van der Waals surface area contributed by atoms with Crippen LogP contribution in [0.1, 0.15) is 16.7 Å². The minimum Gasteiger partial charge on any atom is -0.348 e. The lowest BCUT2D eigenvalue weighted by molar-refractivity contribution is -0.872. The molecule has 0 aromatic heterocycles. The largest absolute Gasteiger partial charge is 0.348 e. The van der Waals surface area contributed by atoms with Gasteiger partial charge in [-0.1, -0.05) is 52.3 Å². The summed E-state index contributed by atoms with van der Waals surface area (Å²) in [7, 11) is 4.26. The third-order valence-corrected chi connectivity index (χ3v) is 3.82. The maximum absolute atomic E-state index is 11.9. The number of carbonyl (C=O) groups excluding carboxylic acids is 1. The number of carbonyl (C=O) groups is 1. The lowest BCUT2D eigenvalue weighted by Crippen LogP contribution is -3.04. The molecular formula is C19H22BrN2O+. The maximum atomic E-state index is 11.9. The Morgan fingerprint density at radius 1 is 1.13 bits per heavy atom. The van der Waals surface area contributed by atoms with Crippen molar-refractivity contribution in [2.45, 2.75) is 13.1 Å². The summed E-state index contributed by atoms with van der Waals surface area (Å²) in [5.41, 5.74) is 3.39. The molecule has 0 atom stereocenters. The van der Waals surface area contributed by atoms with E-state index in [1.165, 1.54) is 10.5 Å². The molecule has 0 aliphatic heterocycles. The van der Waals surface area contributed by atoms with E-state index in [-0.39, 0.29) is 5.91 Å². The monoisotopic (exact) mass is 373 g/mol. The zero-order valence-electron chi connectivity index (χ0n) is 13.5. The molecule has 2 aromatic carbocycles. The summed E-state index contributed by atoms with van der Waals surface area (Å²) in [6.45, 7) is 1.54. The van der Waals surface area contributed by atoms with Crippen LogP contribution in [0.4, 0.5) is 0 Å². The predicted molar refractivity (Wildman–Crippen MR) is 98.0 cm³/mol. The van der Waals surface area contributed by atoms with Crippen LogP contribution in [0, 0.1) is 0 Å².